The standard InChI is InChI=1S/C12H13F2N3S/c1-2-6-15-7-10-16-17-12(18-10)11-8(13)4-3-5-9(11)14/h3-5,15H,2,6-7H2,1H3. The van der Waals surface area contributed by atoms with Gasteiger partial charge in [0.1, 0.15) is 16.6 Å². The smallest absolute Gasteiger partial charge is 0.153 e. The highest BCUT2D eigenvalue weighted by Crippen LogP contribution is 2.28. The van der Waals surface area contributed by atoms with E-state index >= 15 is 0 Å². The van der Waals surface area contributed by atoms with Crippen LogP contribution in [0.5, 0.6) is 0 Å². The molecule has 6 heteroatoms. The first-order chi connectivity index (χ1) is 8.72. The maximum Gasteiger partial charge on any atom is 0.153 e. The van der Waals surface area contributed by atoms with Crippen LogP contribution in [-0.4, -0.2) is 16.7 Å². The Hall–Kier alpha value is -1.40. The molecule has 0 fully saturated rings. The van der Waals surface area contributed by atoms with Crippen LogP contribution in [0, 0.1) is 11.6 Å². The van der Waals surface area contributed by atoms with E-state index in [2.05, 4.69) is 22.4 Å². The minimum absolute atomic E-state index is 0.100. The number of halogens is 2. The molecule has 2 rings (SSSR count). The molecule has 1 N–H and O–H groups in total. The second-order valence-electron chi connectivity index (χ2n) is 3.77. The van der Waals surface area contributed by atoms with Crippen LogP contribution in [-0.2, 0) is 6.54 Å². The van der Waals surface area contributed by atoms with Crippen LogP contribution in [0.25, 0.3) is 10.6 Å². The monoisotopic (exact) mass is 269 g/mol. The topological polar surface area (TPSA) is 37.8 Å². The zero-order valence-electron chi connectivity index (χ0n) is 9.91. The Kier molecular flexibility index (Phi) is 4.33. The summed E-state index contributed by atoms with van der Waals surface area (Å²) in [6.45, 7) is 3.51. The highest BCUT2D eigenvalue weighted by atomic mass is 32.1. The van der Waals surface area contributed by atoms with E-state index in [0.717, 1.165) is 18.0 Å². The molecule has 0 aliphatic carbocycles. The summed E-state index contributed by atoms with van der Waals surface area (Å²) in [4.78, 5) is 0. The minimum atomic E-state index is -0.612. The van der Waals surface area contributed by atoms with Gasteiger partial charge in [-0.05, 0) is 25.1 Å². The third-order valence-corrected chi connectivity index (χ3v) is 3.29. The predicted molar refractivity (Wildman–Crippen MR) is 67.3 cm³/mol. The van der Waals surface area contributed by atoms with E-state index in [4.69, 9.17) is 0 Å². The van der Waals surface area contributed by atoms with Crippen LogP contribution in [0.2, 0.25) is 0 Å². The van der Waals surface area contributed by atoms with Crippen molar-refractivity contribution in [3.8, 4) is 10.6 Å². The SMILES string of the molecule is CCCNCc1nnc(-c2c(F)cccc2F)s1. The fourth-order valence-electron chi connectivity index (χ4n) is 1.50. The summed E-state index contributed by atoms with van der Waals surface area (Å²) in [6.07, 6.45) is 1.02. The van der Waals surface area contributed by atoms with E-state index in [0.29, 0.717) is 6.54 Å². The quantitative estimate of drug-likeness (QED) is 0.848. The van der Waals surface area contributed by atoms with Crippen molar-refractivity contribution in [2.24, 2.45) is 0 Å². The lowest BCUT2D eigenvalue weighted by Gasteiger charge is -1.99. The normalized spacial score (nSPS) is 10.8. The lowest BCUT2D eigenvalue weighted by Crippen LogP contribution is -2.13. The Morgan fingerprint density at radius 2 is 1.94 bits per heavy atom. The predicted octanol–water partition coefficient (Wildman–Crippen LogP) is 2.98. The molecule has 1 heterocycles. The van der Waals surface area contributed by atoms with Crippen molar-refractivity contribution in [3.05, 3.63) is 34.8 Å². The molecular formula is C12H13F2N3S. The van der Waals surface area contributed by atoms with Crippen molar-refractivity contribution in [3.63, 3.8) is 0 Å². The molecule has 0 aliphatic heterocycles. The van der Waals surface area contributed by atoms with Crippen molar-refractivity contribution >= 4 is 11.3 Å². The van der Waals surface area contributed by atoms with Crippen molar-refractivity contribution in [1.82, 2.24) is 15.5 Å². The summed E-state index contributed by atoms with van der Waals surface area (Å²) in [7, 11) is 0. The maximum absolute atomic E-state index is 13.5. The highest BCUT2D eigenvalue weighted by molar-refractivity contribution is 7.14. The number of aromatic nitrogens is 2. The molecule has 0 saturated carbocycles. The first-order valence-corrected chi connectivity index (χ1v) is 6.51. The van der Waals surface area contributed by atoms with Gasteiger partial charge in [0.25, 0.3) is 0 Å². The van der Waals surface area contributed by atoms with E-state index in [1.165, 1.54) is 29.5 Å². The van der Waals surface area contributed by atoms with Crippen LogP contribution in [0.1, 0.15) is 18.4 Å². The third-order valence-electron chi connectivity index (χ3n) is 2.35. The highest BCUT2D eigenvalue weighted by Gasteiger charge is 2.15. The molecule has 96 valence electrons. The van der Waals surface area contributed by atoms with Gasteiger partial charge in [0, 0.05) is 6.54 Å². The summed E-state index contributed by atoms with van der Waals surface area (Å²) in [5, 5.41) is 11.9. The number of benzene rings is 1. The molecule has 0 saturated heterocycles. The zero-order valence-corrected chi connectivity index (χ0v) is 10.7. The van der Waals surface area contributed by atoms with Crippen molar-refractivity contribution in [1.29, 1.82) is 0 Å². The summed E-state index contributed by atoms with van der Waals surface area (Å²) in [5.41, 5.74) is -0.100. The Labute approximate surface area is 108 Å². The molecule has 2 aromatic rings. The lowest BCUT2D eigenvalue weighted by molar-refractivity contribution is 0.589. The van der Waals surface area contributed by atoms with Gasteiger partial charge in [-0.25, -0.2) is 8.78 Å². The number of rotatable bonds is 5. The molecule has 0 spiro atoms. The van der Waals surface area contributed by atoms with Crippen LogP contribution in [0.3, 0.4) is 0 Å². The fourth-order valence-corrected chi connectivity index (χ4v) is 2.36. The first kappa shape index (κ1) is 13.0. The fraction of sp³-hybridized carbons (Fsp3) is 0.333. The Bertz CT molecular complexity index is 508. The summed E-state index contributed by atoms with van der Waals surface area (Å²) >= 11 is 1.20. The van der Waals surface area contributed by atoms with Crippen molar-refractivity contribution in [2.75, 3.05) is 6.54 Å². The lowest BCUT2D eigenvalue weighted by atomic mass is 10.2. The average molecular weight is 269 g/mol. The van der Waals surface area contributed by atoms with Crippen LogP contribution >= 0.6 is 11.3 Å². The molecule has 0 radical (unpaired) electrons. The van der Waals surface area contributed by atoms with Gasteiger partial charge in [0.2, 0.25) is 0 Å². The first-order valence-electron chi connectivity index (χ1n) is 5.70. The average Bonchev–Trinajstić information content (AvgIpc) is 2.78. The van der Waals surface area contributed by atoms with Crippen molar-refractivity contribution in [2.45, 2.75) is 19.9 Å². The summed E-state index contributed by atoms with van der Waals surface area (Å²) in [6, 6.07) is 3.77. The molecule has 0 aliphatic rings. The molecule has 0 amide bonds. The largest absolute Gasteiger partial charge is 0.310 e. The van der Waals surface area contributed by atoms with Crippen LogP contribution < -0.4 is 5.32 Å². The molecule has 3 nitrogen and oxygen atoms in total. The van der Waals surface area contributed by atoms with Gasteiger partial charge in [0.05, 0.1) is 5.56 Å². The summed E-state index contributed by atoms with van der Waals surface area (Å²) in [5.74, 6) is -1.22. The number of hydrogen-bond acceptors (Lipinski definition) is 4. The number of hydrogen-bond donors (Lipinski definition) is 1. The van der Waals surface area contributed by atoms with Crippen molar-refractivity contribution < 1.29 is 8.78 Å². The van der Waals surface area contributed by atoms with E-state index in [1.807, 2.05) is 0 Å². The Morgan fingerprint density at radius 3 is 2.61 bits per heavy atom. The Balaban J connectivity index is 2.19. The van der Waals surface area contributed by atoms with E-state index in [1.54, 1.807) is 0 Å². The van der Waals surface area contributed by atoms with Gasteiger partial charge >= 0.3 is 0 Å². The summed E-state index contributed by atoms with van der Waals surface area (Å²) < 4.78 is 27.1. The zero-order chi connectivity index (χ0) is 13.0. The molecule has 18 heavy (non-hydrogen) atoms. The van der Waals surface area contributed by atoms with Crippen LogP contribution in [0.15, 0.2) is 18.2 Å². The second kappa shape index (κ2) is 5.97. The molecule has 1 aromatic heterocycles. The van der Waals surface area contributed by atoms with E-state index < -0.39 is 11.6 Å². The Morgan fingerprint density at radius 1 is 1.22 bits per heavy atom. The van der Waals surface area contributed by atoms with Gasteiger partial charge < -0.3 is 5.32 Å². The van der Waals surface area contributed by atoms with Gasteiger partial charge in [-0.3, -0.25) is 0 Å². The van der Waals surface area contributed by atoms with Gasteiger partial charge in [-0.1, -0.05) is 24.3 Å². The van der Waals surface area contributed by atoms with Crippen LogP contribution in [0.4, 0.5) is 8.78 Å². The molecule has 0 unspecified atom stereocenters. The second-order valence-corrected chi connectivity index (χ2v) is 4.84. The molecule has 1 aromatic carbocycles. The van der Waals surface area contributed by atoms with E-state index in [9.17, 15) is 8.78 Å². The van der Waals surface area contributed by atoms with Gasteiger partial charge in [0.15, 0.2) is 5.01 Å². The third kappa shape index (κ3) is 2.88. The number of nitrogens with zero attached hydrogens (tertiary/aromatic N) is 2. The molecule has 0 atom stereocenters. The van der Waals surface area contributed by atoms with E-state index in [-0.39, 0.29) is 10.6 Å². The molecule has 0 bridgehead atoms. The molecular weight excluding hydrogens is 256 g/mol. The van der Waals surface area contributed by atoms with Gasteiger partial charge in [-0.2, -0.15) is 0 Å². The van der Waals surface area contributed by atoms with Gasteiger partial charge in [-0.15, -0.1) is 10.2 Å². The minimum Gasteiger partial charge on any atom is -0.310 e. The maximum atomic E-state index is 13.5. The number of nitrogens with one attached hydrogen (secondary N) is 1.